The maximum Gasteiger partial charge on any atom is 0.329 e. The fourth-order valence-electron chi connectivity index (χ4n) is 3.13. The monoisotopic (exact) mass is 292 g/mol. The number of carboxylic acid groups (broad SMARTS) is 1. The highest BCUT2D eigenvalue weighted by Crippen LogP contribution is 2.37. The van der Waals surface area contributed by atoms with E-state index in [-0.39, 0.29) is 5.69 Å². The number of nitro groups is 1. The van der Waals surface area contributed by atoms with Crippen molar-refractivity contribution in [1.29, 1.82) is 0 Å². The molecular weight excluding hydrogens is 272 g/mol. The van der Waals surface area contributed by atoms with E-state index in [4.69, 9.17) is 0 Å². The Kier molecular flexibility index (Phi) is 4.16. The number of nitrogens with one attached hydrogen (secondary N) is 1. The first-order valence-electron chi connectivity index (χ1n) is 7.11. The molecule has 0 radical (unpaired) electrons. The Bertz CT molecular complexity index is 573. The number of carbonyl (C=O) groups is 1. The number of benzene rings is 1. The minimum absolute atomic E-state index is 0.00407. The first kappa shape index (κ1) is 15.3. The molecule has 114 valence electrons. The zero-order chi connectivity index (χ0) is 15.6. The van der Waals surface area contributed by atoms with Gasteiger partial charge in [-0.05, 0) is 31.7 Å². The van der Waals surface area contributed by atoms with Gasteiger partial charge in [-0.15, -0.1) is 0 Å². The molecule has 2 rings (SSSR count). The third-order valence-corrected chi connectivity index (χ3v) is 4.28. The first-order chi connectivity index (χ1) is 9.85. The van der Waals surface area contributed by atoms with E-state index in [1.165, 1.54) is 6.07 Å². The molecule has 6 nitrogen and oxygen atoms in total. The quantitative estimate of drug-likeness (QED) is 0.655. The fraction of sp³-hybridized carbons (Fsp3) is 0.533. The second kappa shape index (κ2) is 5.71. The fourth-order valence-corrected chi connectivity index (χ4v) is 3.13. The predicted molar refractivity (Wildman–Crippen MR) is 79.5 cm³/mol. The van der Waals surface area contributed by atoms with E-state index >= 15 is 0 Å². The largest absolute Gasteiger partial charge is 0.480 e. The second-order valence-corrected chi connectivity index (χ2v) is 5.92. The van der Waals surface area contributed by atoms with Crippen LogP contribution in [0.5, 0.6) is 0 Å². The van der Waals surface area contributed by atoms with Gasteiger partial charge in [0.05, 0.1) is 4.92 Å². The van der Waals surface area contributed by atoms with Gasteiger partial charge in [0.2, 0.25) is 0 Å². The molecule has 0 aromatic heterocycles. The molecule has 0 heterocycles. The lowest BCUT2D eigenvalue weighted by molar-refractivity contribution is -0.385. The van der Waals surface area contributed by atoms with Gasteiger partial charge in [0.1, 0.15) is 5.54 Å². The summed E-state index contributed by atoms with van der Waals surface area (Å²) in [7, 11) is 0. The normalized spacial score (nSPS) is 25.3. The van der Waals surface area contributed by atoms with E-state index in [1.54, 1.807) is 19.1 Å². The zero-order valence-corrected chi connectivity index (χ0v) is 12.3. The minimum Gasteiger partial charge on any atom is -0.480 e. The van der Waals surface area contributed by atoms with Gasteiger partial charge in [-0.2, -0.15) is 0 Å². The van der Waals surface area contributed by atoms with Crippen molar-refractivity contribution in [3.63, 3.8) is 0 Å². The number of hydrogen-bond acceptors (Lipinski definition) is 4. The molecule has 0 amide bonds. The minimum atomic E-state index is -1.03. The molecule has 1 aliphatic carbocycles. The van der Waals surface area contributed by atoms with Crippen LogP contribution in [0.15, 0.2) is 18.2 Å². The van der Waals surface area contributed by atoms with Crippen molar-refractivity contribution >= 4 is 17.3 Å². The Hall–Kier alpha value is -2.11. The lowest BCUT2D eigenvalue weighted by Crippen LogP contribution is -2.49. The van der Waals surface area contributed by atoms with Crippen LogP contribution in [0.2, 0.25) is 0 Å². The summed E-state index contributed by atoms with van der Waals surface area (Å²) < 4.78 is 0. The Labute approximate surface area is 123 Å². The van der Waals surface area contributed by atoms with Gasteiger partial charge in [0, 0.05) is 17.3 Å². The Morgan fingerprint density at radius 3 is 2.81 bits per heavy atom. The molecule has 0 saturated heterocycles. The molecule has 2 N–H and O–H groups in total. The maximum atomic E-state index is 11.8. The van der Waals surface area contributed by atoms with E-state index in [9.17, 15) is 20.0 Å². The first-order valence-corrected chi connectivity index (χ1v) is 7.11. The number of anilines is 1. The number of hydrogen-bond donors (Lipinski definition) is 2. The number of rotatable bonds is 4. The summed E-state index contributed by atoms with van der Waals surface area (Å²) in [4.78, 5) is 22.3. The van der Waals surface area contributed by atoms with E-state index in [0.29, 0.717) is 30.0 Å². The molecule has 1 aliphatic rings. The highest BCUT2D eigenvalue weighted by atomic mass is 16.6. The van der Waals surface area contributed by atoms with E-state index in [0.717, 1.165) is 12.8 Å². The van der Waals surface area contributed by atoms with Crippen LogP contribution in [0, 0.1) is 23.0 Å². The molecule has 21 heavy (non-hydrogen) atoms. The van der Waals surface area contributed by atoms with Crippen LogP contribution in [0.4, 0.5) is 11.4 Å². The van der Waals surface area contributed by atoms with Crippen molar-refractivity contribution in [2.45, 2.75) is 45.1 Å². The van der Waals surface area contributed by atoms with Gasteiger partial charge in [-0.1, -0.05) is 25.8 Å². The molecule has 1 saturated carbocycles. The topological polar surface area (TPSA) is 92.5 Å². The number of nitro benzene ring substituents is 1. The van der Waals surface area contributed by atoms with Gasteiger partial charge < -0.3 is 10.4 Å². The Morgan fingerprint density at radius 1 is 1.52 bits per heavy atom. The van der Waals surface area contributed by atoms with Crippen molar-refractivity contribution < 1.29 is 14.8 Å². The van der Waals surface area contributed by atoms with Crippen LogP contribution >= 0.6 is 0 Å². The summed E-state index contributed by atoms with van der Waals surface area (Å²) in [6.07, 6.45) is 2.93. The molecule has 0 spiro atoms. The van der Waals surface area contributed by atoms with Gasteiger partial charge in [-0.3, -0.25) is 10.1 Å². The van der Waals surface area contributed by atoms with Crippen LogP contribution in [-0.4, -0.2) is 21.5 Å². The van der Waals surface area contributed by atoms with E-state index < -0.39 is 16.4 Å². The van der Waals surface area contributed by atoms with Crippen LogP contribution < -0.4 is 5.32 Å². The molecule has 2 unspecified atom stereocenters. The molecule has 1 fully saturated rings. The molecule has 1 aromatic rings. The summed E-state index contributed by atoms with van der Waals surface area (Å²) in [5.74, 6) is -0.568. The highest BCUT2D eigenvalue weighted by molar-refractivity contribution is 5.83. The number of nitrogens with zero attached hydrogens (tertiary/aromatic N) is 1. The van der Waals surface area contributed by atoms with Crippen LogP contribution in [0.3, 0.4) is 0 Å². The second-order valence-electron chi connectivity index (χ2n) is 5.92. The SMILES string of the molecule is Cc1c(NC2(C(=O)O)CCCC(C)C2)cccc1[N+](=O)[O-]. The van der Waals surface area contributed by atoms with Crippen LogP contribution in [-0.2, 0) is 4.79 Å². The van der Waals surface area contributed by atoms with Crippen molar-refractivity contribution in [3.8, 4) is 0 Å². The number of aliphatic carboxylic acids is 1. The van der Waals surface area contributed by atoms with Crippen molar-refractivity contribution in [1.82, 2.24) is 0 Å². The van der Waals surface area contributed by atoms with E-state index in [2.05, 4.69) is 5.32 Å². The standard InChI is InChI=1S/C15H20N2O4/c1-10-5-4-8-15(9-10,14(18)19)16-12-6-3-7-13(11(12)2)17(20)21/h3,6-7,10,16H,4-5,8-9H2,1-2H3,(H,18,19). The molecule has 2 atom stereocenters. The van der Waals surface area contributed by atoms with Gasteiger partial charge in [0.15, 0.2) is 0 Å². The summed E-state index contributed by atoms with van der Waals surface area (Å²) in [5.41, 5.74) is -0.0241. The Balaban J connectivity index is 2.36. The molecule has 0 aliphatic heterocycles. The average molecular weight is 292 g/mol. The molecular formula is C15H20N2O4. The molecule has 0 bridgehead atoms. The summed E-state index contributed by atoms with van der Waals surface area (Å²) in [6.45, 7) is 3.68. The highest BCUT2D eigenvalue weighted by Gasteiger charge is 2.42. The average Bonchev–Trinajstić information content (AvgIpc) is 2.40. The molecule has 1 aromatic carbocycles. The van der Waals surface area contributed by atoms with Crippen molar-refractivity contribution in [2.24, 2.45) is 5.92 Å². The van der Waals surface area contributed by atoms with E-state index in [1.807, 2.05) is 6.92 Å². The van der Waals surface area contributed by atoms with Crippen LogP contribution in [0.25, 0.3) is 0 Å². The molecule has 6 heteroatoms. The Morgan fingerprint density at radius 2 is 2.24 bits per heavy atom. The van der Waals surface area contributed by atoms with Crippen LogP contribution in [0.1, 0.15) is 38.2 Å². The van der Waals surface area contributed by atoms with Gasteiger partial charge in [-0.25, -0.2) is 4.79 Å². The summed E-state index contributed by atoms with van der Waals surface area (Å²) in [6, 6.07) is 4.71. The maximum absolute atomic E-state index is 11.8. The lowest BCUT2D eigenvalue weighted by Gasteiger charge is -2.38. The summed E-state index contributed by atoms with van der Waals surface area (Å²) in [5, 5.41) is 23.7. The number of carboxylic acids is 1. The zero-order valence-electron chi connectivity index (χ0n) is 12.3. The van der Waals surface area contributed by atoms with Crippen molar-refractivity contribution in [2.75, 3.05) is 5.32 Å². The summed E-state index contributed by atoms with van der Waals surface area (Å²) >= 11 is 0. The van der Waals surface area contributed by atoms with Gasteiger partial charge >= 0.3 is 5.97 Å². The van der Waals surface area contributed by atoms with Crippen molar-refractivity contribution in [3.05, 3.63) is 33.9 Å². The predicted octanol–water partition coefficient (Wildman–Crippen LogP) is 3.35. The third kappa shape index (κ3) is 2.99. The van der Waals surface area contributed by atoms with Gasteiger partial charge in [0.25, 0.3) is 5.69 Å². The lowest BCUT2D eigenvalue weighted by atomic mass is 9.76. The third-order valence-electron chi connectivity index (χ3n) is 4.28. The smallest absolute Gasteiger partial charge is 0.329 e.